The van der Waals surface area contributed by atoms with E-state index in [4.69, 9.17) is 33.2 Å². The van der Waals surface area contributed by atoms with Gasteiger partial charge in [0.25, 0.3) is 17.6 Å². The van der Waals surface area contributed by atoms with Gasteiger partial charge in [0.15, 0.2) is 12.4 Å². The molecule has 0 radical (unpaired) electrons. The smallest absolute Gasteiger partial charge is 0.328 e. The number of ether oxygens (including phenoxy) is 7. The molecule has 2 aromatic carbocycles. The van der Waals surface area contributed by atoms with Crippen LogP contribution in [0.1, 0.15) is 91.1 Å². The molecule has 19 nitrogen and oxygen atoms in total. The Hall–Kier alpha value is -6.18. The van der Waals surface area contributed by atoms with Gasteiger partial charge in [-0.15, -0.1) is 0 Å². The number of aliphatic hydroxyl groups is 2. The summed E-state index contributed by atoms with van der Waals surface area (Å²) in [6.45, 7) is 14.6. The number of nitrogens with one attached hydrogen (secondary N) is 1. The molecule has 0 saturated carbocycles. The third-order valence-electron chi connectivity index (χ3n) is 13.0. The molecule has 5 bridgehead atoms. The van der Waals surface area contributed by atoms with Crippen molar-refractivity contribution in [3.8, 4) is 23.0 Å². The molecule has 0 aromatic heterocycles. The van der Waals surface area contributed by atoms with E-state index in [1.807, 2.05) is 0 Å². The van der Waals surface area contributed by atoms with E-state index in [0.29, 0.717) is 0 Å². The summed E-state index contributed by atoms with van der Waals surface area (Å²) in [7, 11) is 1.41. The number of ketones is 1. The standard InChI is InChI=1S/C49H64N2O17/c1-12-63-47(60)31-17-18-32(48(61)64-13-2)51(31)35(53)22-65-34-21-30-42(57)37-36(34)38-44(28(8)41(37)56)68-49(10,45(38)58)66-20-19-33(62-11)25(5)43(67-29(9)52)27(7)40(55)26(6)39(54)23(3)15-14-16-24(4)46(59)50-30/h14-16,19-21,23,25-27,31-33,39-40,43,54-57H,12-13,17-18,22H2,1-11H3,(H,50,59)/b15-14+,20-19+,24-16-/t23-,25-,26-,27-,31?,32?,33+,39-,40+,43-,49+/m1/s1. The van der Waals surface area contributed by atoms with Crippen molar-refractivity contribution in [2.45, 2.75) is 124 Å². The fraction of sp³-hybridized carbons (Fsp3) is 0.551. The number of amides is 2. The van der Waals surface area contributed by atoms with Crippen molar-refractivity contribution in [2.24, 2.45) is 23.7 Å². The number of rotatable bonds is 9. The number of carbonyl (C=O) groups is 6. The molecule has 1 fully saturated rings. The lowest BCUT2D eigenvalue weighted by molar-refractivity contribution is -0.161. The molecule has 2 aromatic rings. The number of allylic oxidation sites excluding steroid dienone is 2. The van der Waals surface area contributed by atoms with Crippen LogP contribution < -0.4 is 14.8 Å². The molecule has 2 amide bonds. The number of fused-ring (bicyclic) bond motifs is 14. The van der Waals surface area contributed by atoms with Crippen molar-refractivity contribution in [1.29, 1.82) is 0 Å². The van der Waals surface area contributed by atoms with Gasteiger partial charge in [-0.25, -0.2) is 9.59 Å². The summed E-state index contributed by atoms with van der Waals surface area (Å²) in [4.78, 5) is 82.2. The topological polar surface area (TPSA) is 263 Å². The molecule has 68 heavy (non-hydrogen) atoms. The fourth-order valence-electron chi connectivity index (χ4n) is 9.06. The zero-order chi connectivity index (χ0) is 50.5. The second-order valence-electron chi connectivity index (χ2n) is 17.6. The lowest BCUT2D eigenvalue weighted by atomic mass is 9.78. The molecule has 4 aliphatic rings. The molecule has 1 saturated heterocycles. The van der Waals surface area contributed by atoms with E-state index in [9.17, 15) is 49.2 Å². The van der Waals surface area contributed by atoms with E-state index in [-0.39, 0.29) is 70.7 Å². The maximum Gasteiger partial charge on any atom is 0.328 e. The van der Waals surface area contributed by atoms with Crippen LogP contribution in [0.2, 0.25) is 0 Å². The minimum atomic E-state index is -2.14. The fourth-order valence-corrected chi connectivity index (χ4v) is 9.06. The van der Waals surface area contributed by atoms with Crippen LogP contribution in [-0.4, -0.2) is 130 Å². The molecule has 4 aliphatic heterocycles. The van der Waals surface area contributed by atoms with Gasteiger partial charge in [0.1, 0.15) is 35.4 Å². The zero-order valence-corrected chi connectivity index (χ0v) is 40.3. The van der Waals surface area contributed by atoms with E-state index >= 15 is 0 Å². The number of phenolic OH excluding ortho intramolecular Hbond substituents is 2. The highest BCUT2D eigenvalue weighted by molar-refractivity contribution is 6.21. The van der Waals surface area contributed by atoms with Crippen LogP contribution in [0.3, 0.4) is 0 Å². The van der Waals surface area contributed by atoms with Crippen LogP contribution in [0.25, 0.3) is 10.8 Å². The van der Waals surface area contributed by atoms with E-state index in [1.165, 1.54) is 53.0 Å². The predicted molar refractivity (Wildman–Crippen MR) is 245 cm³/mol. The largest absolute Gasteiger partial charge is 0.507 e. The SMILES string of the molecule is CCOC(=O)C1CCC(C(=O)OCC)N1C(=O)COc1cc2c(O)c3c(O)c(C)c4c(c13)C(=O)[C@@](C)(O/C=C/[C@H](OC)[C@@H](C)[C@@H](OC(C)=O)[C@H](C)[C@@H](O)[C@H](C)[C@H](O)[C@H](C)/C=C/C=C(/C)C(=O)N2)O4. The molecule has 4 heterocycles. The Morgan fingerprint density at radius 2 is 1.50 bits per heavy atom. The highest BCUT2D eigenvalue weighted by atomic mass is 16.7. The molecule has 11 atom stereocenters. The van der Waals surface area contributed by atoms with Crippen molar-refractivity contribution in [1.82, 2.24) is 4.90 Å². The van der Waals surface area contributed by atoms with Crippen molar-refractivity contribution in [3.63, 3.8) is 0 Å². The number of hydrogen-bond acceptors (Lipinski definition) is 17. The van der Waals surface area contributed by atoms with Crippen molar-refractivity contribution in [2.75, 3.05) is 32.2 Å². The molecule has 372 valence electrons. The number of anilines is 1. The first-order valence-electron chi connectivity index (χ1n) is 22.7. The number of methoxy groups -OCH3 is 1. The van der Waals surface area contributed by atoms with Crippen LogP contribution in [0.4, 0.5) is 5.69 Å². The molecule has 5 N–H and O–H groups in total. The quantitative estimate of drug-likeness (QED) is 0.127. The summed E-state index contributed by atoms with van der Waals surface area (Å²) in [5, 5.41) is 48.6. The van der Waals surface area contributed by atoms with Crippen LogP contribution in [-0.2, 0) is 47.7 Å². The van der Waals surface area contributed by atoms with Gasteiger partial charge < -0.3 is 63.8 Å². The average Bonchev–Trinajstić information content (AvgIpc) is 3.86. The van der Waals surface area contributed by atoms with E-state index in [2.05, 4.69) is 5.32 Å². The van der Waals surface area contributed by atoms with E-state index < -0.39 is 120 Å². The minimum Gasteiger partial charge on any atom is -0.507 e. The average molecular weight is 953 g/mol. The normalized spacial score (nSPS) is 30.7. The first kappa shape index (κ1) is 52.8. The van der Waals surface area contributed by atoms with Gasteiger partial charge in [0.2, 0.25) is 0 Å². The van der Waals surface area contributed by atoms with Crippen LogP contribution in [0.15, 0.2) is 42.2 Å². The molecular formula is C49H64N2O17. The summed E-state index contributed by atoms with van der Waals surface area (Å²) < 4.78 is 40.3. The Bertz CT molecular complexity index is 2350. The van der Waals surface area contributed by atoms with Crippen LogP contribution >= 0.6 is 0 Å². The van der Waals surface area contributed by atoms with Gasteiger partial charge in [-0.1, -0.05) is 45.9 Å². The Morgan fingerprint density at radius 3 is 2.07 bits per heavy atom. The van der Waals surface area contributed by atoms with Gasteiger partial charge in [-0.3, -0.25) is 19.2 Å². The number of carbonyl (C=O) groups excluding carboxylic acids is 6. The number of esters is 3. The summed E-state index contributed by atoms with van der Waals surface area (Å²) in [6, 6.07) is -1.17. The number of phenols is 2. The number of benzene rings is 2. The highest BCUT2D eigenvalue weighted by Crippen LogP contribution is 2.54. The number of hydrogen-bond donors (Lipinski definition) is 5. The molecule has 0 aliphatic carbocycles. The Kier molecular flexibility index (Phi) is 17.0. The minimum absolute atomic E-state index is 0.00781. The van der Waals surface area contributed by atoms with Gasteiger partial charge >= 0.3 is 23.7 Å². The second kappa shape index (κ2) is 21.8. The number of aromatic hydroxyl groups is 2. The van der Waals surface area contributed by atoms with Crippen molar-refractivity contribution < 1.29 is 82.4 Å². The number of likely N-dealkylation sites (tertiary alicyclic amines) is 1. The molecule has 6 rings (SSSR count). The van der Waals surface area contributed by atoms with Gasteiger partial charge in [0.05, 0.1) is 54.4 Å². The van der Waals surface area contributed by atoms with Gasteiger partial charge in [-0.05, 0) is 46.6 Å². The summed E-state index contributed by atoms with van der Waals surface area (Å²) in [5.74, 6) is -11.0. The number of nitrogens with zero attached hydrogens (tertiary/aromatic N) is 1. The Morgan fingerprint density at radius 1 is 0.882 bits per heavy atom. The monoisotopic (exact) mass is 952 g/mol. The van der Waals surface area contributed by atoms with Crippen molar-refractivity contribution in [3.05, 3.63) is 53.3 Å². The first-order chi connectivity index (χ1) is 32.0. The third-order valence-corrected chi connectivity index (χ3v) is 13.0. The molecule has 0 spiro atoms. The predicted octanol–water partition coefficient (Wildman–Crippen LogP) is 4.91. The summed E-state index contributed by atoms with van der Waals surface area (Å²) >= 11 is 0. The van der Waals surface area contributed by atoms with Gasteiger partial charge in [0, 0.05) is 67.2 Å². The molecular weight excluding hydrogens is 889 g/mol. The Balaban J connectivity index is 1.68. The molecule has 19 heteroatoms. The number of aliphatic hydroxyl groups excluding tert-OH is 2. The van der Waals surface area contributed by atoms with Crippen molar-refractivity contribution >= 4 is 52.0 Å². The Labute approximate surface area is 395 Å². The summed E-state index contributed by atoms with van der Waals surface area (Å²) in [5.41, 5.74) is -0.430. The van der Waals surface area contributed by atoms with Gasteiger partial charge in [-0.2, -0.15) is 0 Å². The highest BCUT2D eigenvalue weighted by Gasteiger charge is 2.50. The lowest BCUT2D eigenvalue weighted by Gasteiger charge is -2.38. The van der Waals surface area contributed by atoms with Crippen LogP contribution in [0.5, 0.6) is 23.0 Å². The maximum atomic E-state index is 14.7. The zero-order valence-electron chi connectivity index (χ0n) is 40.3. The maximum absolute atomic E-state index is 14.7. The first-order valence-corrected chi connectivity index (χ1v) is 22.7. The second-order valence-corrected chi connectivity index (χ2v) is 17.6. The summed E-state index contributed by atoms with van der Waals surface area (Å²) in [6.07, 6.45) is 3.35. The third kappa shape index (κ3) is 10.6. The number of Topliss-reactive ketones (excluding diaryl/α,β-unsaturated/α-hetero) is 1. The lowest BCUT2D eigenvalue weighted by Crippen LogP contribution is -2.50. The van der Waals surface area contributed by atoms with E-state index in [0.717, 1.165) is 17.2 Å². The van der Waals surface area contributed by atoms with Crippen LogP contribution in [0, 0.1) is 30.6 Å². The van der Waals surface area contributed by atoms with E-state index in [1.54, 1.807) is 47.6 Å². The molecule has 2 unspecified atom stereocenters.